The second-order valence-electron chi connectivity index (χ2n) is 8.53. The summed E-state index contributed by atoms with van der Waals surface area (Å²) in [5.41, 5.74) is 4.96. The number of imidazole rings is 1. The highest BCUT2D eigenvalue weighted by molar-refractivity contribution is 5.89. The monoisotopic (exact) mass is 430 g/mol. The molecule has 1 saturated heterocycles. The van der Waals surface area contributed by atoms with E-state index < -0.39 is 5.91 Å². The Bertz CT molecular complexity index is 1240. The van der Waals surface area contributed by atoms with Crippen LogP contribution in [0.5, 0.6) is 0 Å². The molecule has 2 N–H and O–H groups in total. The smallest absolute Gasteiger partial charge is 0.316 e. The van der Waals surface area contributed by atoms with Crippen LogP contribution in [0.25, 0.3) is 22.4 Å². The summed E-state index contributed by atoms with van der Waals surface area (Å²) in [5.74, 6) is 1.36. The van der Waals surface area contributed by atoms with E-state index in [2.05, 4.69) is 49.4 Å². The van der Waals surface area contributed by atoms with Crippen LogP contribution < -0.4 is 10.2 Å². The van der Waals surface area contributed by atoms with Crippen LogP contribution in [0.3, 0.4) is 0 Å². The number of carbonyl (C=O) groups excluding carboxylic acids is 1. The number of rotatable bonds is 5. The number of aromatic nitrogens is 4. The average Bonchev–Trinajstić information content (AvgIpc) is 3.45. The highest BCUT2D eigenvalue weighted by Crippen LogP contribution is 2.25. The molecule has 1 amide bonds. The number of nitrogens with zero attached hydrogens (tertiary/aromatic N) is 4. The summed E-state index contributed by atoms with van der Waals surface area (Å²) in [6, 6.07) is 14.1. The summed E-state index contributed by atoms with van der Waals surface area (Å²) in [6.45, 7) is 6.74. The molecule has 0 unspecified atom stereocenters. The second-order valence-corrected chi connectivity index (χ2v) is 8.53. The van der Waals surface area contributed by atoms with Crippen molar-refractivity contribution in [1.29, 1.82) is 0 Å². The highest BCUT2D eigenvalue weighted by Gasteiger charge is 2.18. The van der Waals surface area contributed by atoms with E-state index in [1.165, 1.54) is 18.5 Å². The van der Waals surface area contributed by atoms with Crippen molar-refractivity contribution in [2.45, 2.75) is 33.2 Å². The number of aromatic amines is 1. The van der Waals surface area contributed by atoms with E-state index in [9.17, 15) is 4.79 Å². The van der Waals surface area contributed by atoms with Crippen molar-refractivity contribution in [1.82, 2.24) is 25.4 Å². The van der Waals surface area contributed by atoms with Crippen molar-refractivity contribution in [2.24, 2.45) is 5.92 Å². The third-order valence-corrected chi connectivity index (χ3v) is 6.00. The number of hydrogen-bond donors (Lipinski definition) is 2. The van der Waals surface area contributed by atoms with Crippen LogP contribution in [0.2, 0.25) is 0 Å². The molecule has 8 nitrogen and oxygen atoms in total. The van der Waals surface area contributed by atoms with Crippen LogP contribution in [0.1, 0.15) is 41.8 Å². The van der Waals surface area contributed by atoms with E-state index in [0.717, 1.165) is 41.2 Å². The van der Waals surface area contributed by atoms with Crippen LogP contribution in [0.15, 0.2) is 47.0 Å². The number of benzene rings is 2. The molecule has 8 heteroatoms. The third kappa shape index (κ3) is 4.21. The Labute approximate surface area is 186 Å². The fraction of sp³-hybridized carbons (Fsp3) is 0.333. The summed E-state index contributed by atoms with van der Waals surface area (Å²) in [6.07, 6.45) is 2.44. The summed E-state index contributed by atoms with van der Waals surface area (Å²) < 4.78 is 5.19. The zero-order valence-corrected chi connectivity index (χ0v) is 18.3. The minimum absolute atomic E-state index is 0.0685. The van der Waals surface area contributed by atoms with Crippen LogP contribution in [0, 0.1) is 12.8 Å². The van der Waals surface area contributed by atoms with Gasteiger partial charge in [-0.05, 0) is 67.6 Å². The lowest BCUT2D eigenvalue weighted by molar-refractivity contribution is 0.0906. The minimum Gasteiger partial charge on any atom is -0.372 e. The molecule has 1 aliphatic heterocycles. The molecule has 32 heavy (non-hydrogen) atoms. The lowest BCUT2D eigenvalue weighted by atomic mass is 9.98. The van der Waals surface area contributed by atoms with Crippen molar-refractivity contribution in [3.63, 3.8) is 0 Å². The predicted molar refractivity (Wildman–Crippen MR) is 122 cm³/mol. The molecule has 0 spiro atoms. The third-order valence-electron chi connectivity index (χ3n) is 6.00. The first kappa shape index (κ1) is 20.2. The maximum absolute atomic E-state index is 12.5. The molecular formula is C24H26N6O2. The van der Waals surface area contributed by atoms with Gasteiger partial charge in [-0.1, -0.05) is 18.1 Å². The molecule has 0 atom stereocenters. The van der Waals surface area contributed by atoms with E-state index in [0.29, 0.717) is 11.6 Å². The molecule has 5 rings (SSSR count). The van der Waals surface area contributed by atoms with E-state index >= 15 is 0 Å². The summed E-state index contributed by atoms with van der Waals surface area (Å²) in [4.78, 5) is 26.8. The van der Waals surface area contributed by atoms with Gasteiger partial charge in [0.25, 0.3) is 0 Å². The van der Waals surface area contributed by atoms with E-state index in [-0.39, 0.29) is 12.4 Å². The molecule has 1 fully saturated rings. The number of fused-ring (bicyclic) bond motifs is 1. The number of H-pyrrole nitrogens is 1. The Balaban J connectivity index is 1.22. The summed E-state index contributed by atoms with van der Waals surface area (Å²) in [7, 11) is 0. The van der Waals surface area contributed by atoms with Crippen molar-refractivity contribution in [3.05, 3.63) is 59.7 Å². The Morgan fingerprint density at radius 1 is 1.16 bits per heavy atom. The van der Waals surface area contributed by atoms with Crippen LogP contribution in [0.4, 0.5) is 5.69 Å². The lowest BCUT2D eigenvalue weighted by Gasteiger charge is -2.32. The quantitative estimate of drug-likeness (QED) is 0.495. The van der Waals surface area contributed by atoms with Crippen molar-refractivity contribution >= 4 is 22.6 Å². The van der Waals surface area contributed by atoms with Gasteiger partial charge in [0, 0.05) is 24.3 Å². The Kier molecular flexibility index (Phi) is 5.34. The molecule has 0 bridgehead atoms. The van der Waals surface area contributed by atoms with E-state index in [4.69, 9.17) is 4.52 Å². The Hall–Kier alpha value is -3.68. The molecule has 0 radical (unpaired) electrons. The molecule has 0 aliphatic carbocycles. The van der Waals surface area contributed by atoms with Gasteiger partial charge in [-0.25, -0.2) is 4.98 Å². The van der Waals surface area contributed by atoms with Gasteiger partial charge in [-0.2, -0.15) is 4.98 Å². The highest BCUT2D eigenvalue weighted by atomic mass is 16.5. The van der Waals surface area contributed by atoms with Gasteiger partial charge in [-0.3, -0.25) is 4.79 Å². The van der Waals surface area contributed by atoms with Gasteiger partial charge < -0.3 is 19.7 Å². The summed E-state index contributed by atoms with van der Waals surface area (Å²) >= 11 is 0. The first-order valence-electron chi connectivity index (χ1n) is 11.0. The minimum atomic E-state index is -0.431. The standard InChI is InChI=1S/C24H26N6O2/c1-15-9-11-30(12-10-15)18-6-4-17(5-7-18)22-28-24(32-29-22)23(31)25-14-21-26-19-8-3-16(2)13-20(19)27-21/h3-8,13,15H,9-12,14H2,1-2H3,(H,25,31)(H,26,27). The van der Waals surface area contributed by atoms with Crippen molar-refractivity contribution in [2.75, 3.05) is 18.0 Å². The molecule has 4 aromatic rings. The first-order valence-corrected chi connectivity index (χ1v) is 11.0. The fourth-order valence-corrected chi connectivity index (χ4v) is 4.02. The summed E-state index contributed by atoms with van der Waals surface area (Å²) in [5, 5.41) is 6.75. The Morgan fingerprint density at radius 2 is 1.94 bits per heavy atom. The number of aryl methyl sites for hydroxylation is 1. The van der Waals surface area contributed by atoms with Crippen molar-refractivity contribution in [3.8, 4) is 11.4 Å². The second kappa shape index (κ2) is 8.45. The fourth-order valence-electron chi connectivity index (χ4n) is 4.02. The van der Waals surface area contributed by atoms with Gasteiger partial charge in [0.05, 0.1) is 17.6 Å². The van der Waals surface area contributed by atoms with Gasteiger partial charge in [0.2, 0.25) is 5.82 Å². The predicted octanol–water partition coefficient (Wildman–Crippen LogP) is 4.09. The molecule has 2 aromatic heterocycles. The zero-order chi connectivity index (χ0) is 22.1. The van der Waals surface area contributed by atoms with Gasteiger partial charge >= 0.3 is 11.8 Å². The average molecular weight is 431 g/mol. The van der Waals surface area contributed by atoms with Gasteiger partial charge in [0.1, 0.15) is 5.82 Å². The topological polar surface area (TPSA) is 99.9 Å². The first-order chi connectivity index (χ1) is 15.5. The number of anilines is 1. The molecule has 0 saturated carbocycles. The number of piperidine rings is 1. The lowest BCUT2D eigenvalue weighted by Crippen LogP contribution is -2.32. The normalized spacial score (nSPS) is 14.8. The van der Waals surface area contributed by atoms with Crippen LogP contribution in [-0.4, -0.2) is 39.1 Å². The maximum Gasteiger partial charge on any atom is 0.316 e. The number of amides is 1. The number of hydrogen-bond acceptors (Lipinski definition) is 6. The van der Waals surface area contributed by atoms with Crippen LogP contribution in [-0.2, 0) is 6.54 Å². The van der Waals surface area contributed by atoms with Gasteiger partial charge in [-0.15, -0.1) is 0 Å². The zero-order valence-electron chi connectivity index (χ0n) is 18.3. The molecule has 1 aliphatic rings. The molecule has 2 aromatic carbocycles. The largest absolute Gasteiger partial charge is 0.372 e. The molecule has 3 heterocycles. The van der Waals surface area contributed by atoms with Gasteiger partial charge in [0.15, 0.2) is 0 Å². The van der Waals surface area contributed by atoms with E-state index in [1.54, 1.807) is 0 Å². The number of nitrogens with one attached hydrogen (secondary N) is 2. The molecule has 164 valence electrons. The maximum atomic E-state index is 12.5. The Morgan fingerprint density at radius 3 is 2.72 bits per heavy atom. The van der Waals surface area contributed by atoms with Crippen LogP contribution >= 0.6 is 0 Å². The molecular weight excluding hydrogens is 404 g/mol. The number of carbonyl (C=O) groups is 1. The van der Waals surface area contributed by atoms with E-state index in [1.807, 2.05) is 37.3 Å². The van der Waals surface area contributed by atoms with Crippen molar-refractivity contribution < 1.29 is 9.32 Å². The SMILES string of the molecule is Cc1ccc2nc(CNC(=O)c3nc(-c4ccc(N5CCC(C)CC5)cc4)no3)[nH]c2c1.